The lowest BCUT2D eigenvalue weighted by atomic mass is 9.89. The van der Waals surface area contributed by atoms with Gasteiger partial charge in [0, 0.05) is 6.04 Å². The molecule has 0 spiro atoms. The van der Waals surface area contributed by atoms with Crippen LogP contribution in [-0.4, -0.2) is 18.6 Å². The van der Waals surface area contributed by atoms with E-state index in [1.165, 1.54) is 49.8 Å². The molecule has 1 N–H and O–H groups in total. The summed E-state index contributed by atoms with van der Waals surface area (Å²) in [6.07, 6.45) is 10.1. The lowest BCUT2D eigenvalue weighted by Gasteiger charge is -2.20. The highest BCUT2D eigenvalue weighted by molar-refractivity contribution is 7.98. The summed E-state index contributed by atoms with van der Waals surface area (Å²) in [7, 11) is 0. The summed E-state index contributed by atoms with van der Waals surface area (Å²) in [5.74, 6) is 1.29. The van der Waals surface area contributed by atoms with E-state index in [9.17, 15) is 0 Å². The van der Waals surface area contributed by atoms with Crippen LogP contribution in [0, 0.1) is 0 Å². The molecule has 1 unspecified atom stereocenters. The minimum Gasteiger partial charge on any atom is -0.310 e. The molecule has 0 aromatic heterocycles. The molecule has 106 valence electrons. The minimum absolute atomic E-state index is 0.488. The first-order chi connectivity index (χ1) is 9.31. The zero-order valence-corrected chi connectivity index (χ0v) is 13.2. The van der Waals surface area contributed by atoms with Crippen molar-refractivity contribution in [3.8, 4) is 0 Å². The Morgan fingerprint density at radius 3 is 2.74 bits per heavy atom. The van der Waals surface area contributed by atoms with E-state index in [0.29, 0.717) is 6.04 Å². The molecule has 0 heterocycles. The molecule has 2 heteroatoms. The van der Waals surface area contributed by atoms with Gasteiger partial charge >= 0.3 is 0 Å². The van der Waals surface area contributed by atoms with Crippen LogP contribution in [0.4, 0.5) is 0 Å². The first-order valence-corrected chi connectivity index (χ1v) is 9.04. The molecule has 0 amide bonds. The maximum atomic E-state index is 3.66. The van der Waals surface area contributed by atoms with Crippen molar-refractivity contribution in [3.63, 3.8) is 0 Å². The Hall–Kier alpha value is -0.470. The third-order valence-corrected chi connectivity index (χ3v) is 4.80. The van der Waals surface area contributed by atoms with Gasteiger partial charge in [0.1, 0.15) is 0 Å². The van der Waals surface area contributed by atoms with Gasteiger partial charge in [-0.25, -0.2) is 0 Å². The molecule has 1 aliphatic carbocycles. The zero-order valence-electron chi connectivity index (χ0n) is 12.4. The third-order valence-electron chi connectivity index (χ3n) is 4.10. The third kappa shape index (κ3) is 4.54. The van der Waals surface area contributed by atoms with Gasteiger partial charge in [0.2, 0.25) is 0 Å². The highest BCUT2D eigenvalue weighted by atomic mass is 32.2. The molecule has 0 radical (unpaired) electrons. The van der Waals surface area contributed by atoms with Crippen molar-refractivity contribution in [1.29, 1.82) is 0 Å². The quantitative estimate of drug-likeness (QED) is 0.743. The summed E-state index contributed by atoms with van der Waals surface area (Å²) in [6, 6.07) is 7.61. The summed E-state index contributed by atoms with van der Waals surface area (Å²) in [4.78, 5) is 0. The Morgan fingerprint density at radius 1 is 1.16 bits per heavy atom. The molecule has 1 aliphatic rings. The van der Waals surface area contributed by atoms with Crippen LogP contribution in [0.25, 0.3) is 0 Å². The van der Waals surface area contributed by atoms with Gasteiger partial charge in [0.05, 0.1) is 0 Å². The smallest absolute Gasteiger partial charge is 0.0291 e. The van der Waals surface area contributed by atoms with Gasteiger partial charge in [-0.1, -0.05) is 18.2 Å². The zero-order chi connectivity index (χ0) is 13.5. The Bertz CT molecular complexity index is 389. The van der Waals surface area contributed by atoms with E-state index in [-0.39, 0.29) is 0 Å². The van der Waals surface area contributed by atoms with E-state index in [1.54, 1.807) is 11.1 Å². The van der Waals surface area contributed by atoms with Gasteiger partial charge in [-0.2, -0.15) is 11.8 Å². The predicted octanol–water partition coefficient (Wildman–Crippen LogP) is 4.36. The molecule has 0 bridgehead atoms. The highest BCUT2D eigenvalue weighted by Gasteiger charge is 2.11. The standard InChI is InChI=1S/C17H27NS/c1-14(18-11-5-6-12-19-2)16-10-9-15-7-3-4-8-17(15)13-16/h9-10,13-14,18H,3-8,11-12H2,1-2H3. The SMILES string of the molecule is CSCCCCNC(C)c1ccc2c(c1)CCCC2. The van der Waals surface area contributed by atoms with Crippen molar-refractivity contribution in [1.82, 2.24) is 5.32 Å². The van der Waals surface area contributed by atoms with Gasteiger partial charge in [0.25, 0.3) is 0 Å². The fraction of sp³-hybridized carbons (Fsp3) is 0.647. The molecule has 2 rings (SSSR count). The van der Waals surface area contributed by atoms with Gasteiger partial charge in [-0.3, -0.25) is 0 Å². The summed E-state index contributed by atoms with van der Waals surface area (Å²) in [5.41, 5.74) is 4.65. The number of benzene rings is 1. The van der Waals surface area contributed by atoms with E-state index < -0.39 is 0 Å². The second-order valence-electron chi connectivity index (χ2n) is 5.61. The van der Waals surface area contributed by atoms with E-state index in [4.69, 9.17) is 0 Å². The summed E-state index contributed by atoms with van der Waals surface area (Å²) >= 11 is 1.94. The van der Waals surface area contributed by atoms with E-state index in [2.05, 4.69) is 36.7 Å². The average Bonchev–Trinajstić information content (AvgIpc) is 2.46. The van der Waals surface area contributed by atoms with E-state index >= 15 is 0 Å². The Kier molecular flexibility index (Phi) is 6.25. The van der Waals surface area contributed by atoms with E-state index in [1.807, 2.05) is 11.8 Å². The largest absolute Gasteiger partial charge is 0.310 e. The Morgan fingerprint density at radius 2 is 1.95 bits per heavy atom. The van der Waals surface area contributed by atoms with Crippen molar-refractivity contribution >= 4 is 11.8 Å². The number of fused-ring (bicyclic) bond motifs is 1. The number of aryl methyl sites for hydroxylation is 2. The number of nitrogens with one attached hydrogen (secondary N) is 1. The summed E-state index contributed by atoms with van der Waals surface area (Å²) in [6.45, 7) is 3.43. The molecule has 1 aromatic carbocycles. The highest BCUT2D eigenvalue weighted by Crippen LogP contribution is 2.24. The molecule has 1 atom stereocenters. The summed E-state index contributed by atoms with van der Waals surface area (Å²) in [5, 5.41) is 3.66. The van der Waals surface area contributed by atoms with Crippen molar-refractivity contribution in [2.24, 2.45) is 0 Å². The van der Waals surface area contributed by atoms with Crippen LogP contribution in [0.5, 0.6) is 0 Å². The van der Waals surface area contributed by atoms with Gasteiger partial charge < -0.3 is 5.32 Å². The summed E-state index contributed by atoms with van der Waals surface area (Å²) < 4.78 is 0. The van der Waals surface area contributed by atoms with Crippen molar-refractivity contribution in [2.75, 3.05) is 18.6 Å². The number of rotatable bonds is 7. The topological polar surface area (TPSA) is 12.0 Å². The average molecular weight is 277 g/mol. The van der Waals surface area contributed by atoms with Gasteiger partial charge in [-0.15, -0.1) is 0 Å². The fourth-order valence-corrected chi connectivity index (χ4v) is 3.32. The van der Waals surface area contributed by atoms with Crippen LogP contribution >= 0.6 is 11.8 Å². The first-order valence-electron chi connectivity index (χ1n) is 7.65. The molecule has 0 saturated carbocycles. The molecular weight excluding hydrogens is 250 g/mol. The molecule has 0 aliphatic heterocycles. The minimum atomic E-state index is 0.488. The number of unbranched alkanes of at least 4 members (excludes halogenated alkanes) is 1. The lowest BCUT2D eigenvalue weighted by molar-refractivity contribution is 0.554. The van der Waals surface area contributed by atoms with Crippen LogP contribution in [0.1, 0.15) is 55.3 Å². The molecule has 1 nitrogen and oxygen atoms in total. The van der Waals surface area contributed by atoms with E-state index in [0.717, 1.165) is 6.54 Å². The van der Waals surface area contributed by atoms with Crippen LogP contribution in [-0.2, 0) is 12.8 Å². The normalized spacial score (nSPS) is 16.1. The van der Waals surface area contributed by atoms with Crippen molar-refractivity contribution < 1.29 is 0 Å². The second kappa shape index (κ2) is 7.96. The first kappa shape index (κ1) is 14.9. The van der Waals surface area contributed by atoms with Crippen molar-refractivity contribution in [3.05, 3.63) is 34.9 Å². The predicted molar refractivity (Wildman–Crippen MR) is 87.1 cm³/mol. The second-order valence-corrected chi connectivity index (χ2v) is 6.60. The maximum Gasteiger partial charge on any atom is 0.0291 e. The van der Waals surface area contributed by atoms with Gasteiger partial charge in [0.15, 0.2) is 0 Å². The molecule has 1 aromatic rings. The number of thioether (sulfide) groups is 1. The molecule has 0 saturated heterocycles. The molecule has 19 heavy (non-hydrogen) atoms. The number of hydrogen-bond acceptors (Lipinski definition) is 2. The lowest BCUT2D eigenvalue weighted by Crippen LogP contribution is -2.20. The maximum absolute atomic E-state index is 3.66. The van der Waals surface area contributed by atoms with Crippen LogP contribution in [0.15, 0.2) is 18.2 Å². The molecule has 0 fully saturated rings. The van der Waals surface area contributed by atoms with Gasteiger partial charge in [-0.05, 0) is 80.7 Å². The van der Waals surface area contributed by atoms with Crippen LogP contribution in [0.2, 0.25) is 0 Å². The van der Waals surface area contributed by atoms with Crippen LogP contribution in [0.3, 0.4) is 0 Å². The number of hydrogen-bond donors (Lipinski definition) is 1. The molecular formula is C17H27NS. The van der Waals surface area contributed by atoms with Crippen molar-refractivity contribution in [2.45, 2.75) is 51.5 Å². The Labute approximate surface area is 122 Å². The fourth-order valence-electron chi connectivity index (χ4n) is 2.83. The Balaban J connectivity index is 1.83. The monoisotopic (exact) mass is 277 g/mol. The van der Waals surface area contributed by atoms with Crippen LogP contribution < -0.4 is 5.32 Å².